The molecule has 1 unspecified atom stereocenters. The van der Waals surface area contributed by atoms with Crippen LogP contribution in [0.4, 0.5) is 0 Å². The van der Waals surface area contributed by atoms with Crippen LogP contribution in [-0.2, 0) is 26.3 Å². The highest BCUT2D eigenvalue weighted by molar-refractivity contribution is 7.90. The molecule has 2 heterocycles. The van der Waals surface area contributed by atoms with Crippen LogP contribution in [0.5, 0.6) is 5.75 Å². The highest BCUT2D eigenvalue weighted by Crippen LogP contribution is 2.24. The van der Waals surface area contributed by atoms with Gasteiger partial charge in [-0.2, -0.15) is 4.31 Å². The minimum absolute atomic E-state index is 0.110. The first kappa shape index (κ1) is 25.2. The summed E-state index contributed by atoms with van der Waals surface area (Å²) in [5.74, 6) is 0.820. The number of hydrogen-bond donors (Lipinski definition) is 0. The Bertz CT molecular complexity index is 1180. The Morgan fingerprint density at radius 1 is 0.824 bits per heavy atom. The van der Waals surface area contributed by atoms with E-state index in [9.17, 15) is 16.8 Å². The molecule has 2 aromatic rings. The van der Waals surface area contributed by atoms with E-state index in [0.29, 0.717) is 38.7 Å². The summed E-state index contributed by atoms with van der Waals surface area (Å²) in [6.45, 7) is 2.85. The third kappa shape index (κ3) is 6.19. The molecule has 9 heteroatoms. The highest BCUT2D eigenvalue weighted by Gasteiger charge is 2.28. The van der Waals surface area contributed by atoms with Crippen LogP contribution in [0.25, 0.3) is 0 Å². The van der Waals surface area contributed by atoms with Gasteiger partial charge in [0.2, 0.25) is 10.0 Å². The van der Waals surface area contributed by atoms with Crippen molar-refractivity contribution < 1.29 is 21.6 Å². The molecule has 7 nitrogen and oxygen atoms in total. The topological polar surface area (TPSA) is 84.0 Å². The molecule has 1 atom stereocenters. The quantitative estimate of drug-likeness (QED) is 0.635. The van der Waals surface area contributed by atoms with Crippen molar-refractivity contribution in [2.24, 2.45) is 0 Å². The van der Waals surface area contributed by atoms with Crippen molar-refractivity contribution in [1.82, 2.24) is 9.21 Å². The van der Waals surface area contributed by atoms with Crippen molar-refractivity contribution in [3.63, 3.8) is 0 Å². The van der Waals surface area contributed by atoms with Gasteiger partial charge in [-0.1, -0.05) is 18.6 Å². The fourth-order valence-corrected chi connectivity index (χ4v) is 6.94. The number of rotatable bonds is 3. The Balaban J connectivity index is 1.57. The number of nitrogens with zero attached hydrogens (tertiary/aromatic N) is 2. The molecule has 0 aromatic heterocycles. The monoisotopic (exact) mass is 506 g/mol. The van der Waals surface area contributed by atoms with Gasteiger partial charge in [0.1, 0.15) is 5.75 Å². The third-order valence-corrected chi connectivity index (χ3v) is 9.80. The number of sulfonamides is 1. The first-order valence-corrected chi connectivity index (χ1v) is 15.3. The lowest BCUT2D eigenvalue weighted by atomic mass is 9.95. The predicted octanol–water partition coefficient (Wildman–Crippen LogP) is 3.35. The van der Waals surface area contributed by atoms with E-state index in [1.54, 1.807) is 0 Å². The number of sulfone groups is 1. The van der Waals surface area contributed by atoms with Crippen LogP contribution in [0, 0.1) is 0 Å². The summed E-state index contributed by atoms with van der Waals surface area (Å²) in [4.78, 5) is 2.68. The summed E-state index contributed by atoms with van der Waals surface area (Å²) >= 11 is 0. The molecule has 4 rings (SSSR count). The van der Waals surface area contributed by atoms with E-state index in [0.717, 1.165) is 44.2 Å². The van der Waals surface area contributed by atoms with Crippen LogP contribution in [0.15, 0.2) is 58.3 Å². The first-order chi connectivity index (χ1) is 16.2. The first-order valence-electron chi connectivity index (χ1n) is 12.0. The number of hydrogen-bond acceptors (Lipinski definition) is 6. The van der Waals surface area contributed by atoms with Gasteiger partial charge in [0.05, 0.1) is 16.4 Å². The number of ether oxygens (including phenoxy) is 1. The van der Waals surface area contributed by atoms with Gasteiger partial charge < -0.3 is 4.74 Å². The molecule has 0 saturated carbocycles. The zero-order valence-corrected chi connectivity index (χ0v) is 21.4. The summed E-state index contributed by atoms with van der Waals surface area (Å²) in [6.07, 6.45) is 7.18. The Morgan fingerprint density at radius 3 is 2.35 bits per heavy atom. The Hall–Kier alpha value is -1.94. The molecule has 0 amide bonds. The lowest BCUT2D eigenvalue weighted by Crippen LogP contribution is -2.45. The molecule has 2 bridgehead atoms. The van der Waals surface area contributed by atoms with E-state index in [1.807, 2.05) is 12.1 Å². The van der Waals surface area contributed by atoms with E-state index >= 15 is 0 Å². The fraction of sp³-hybridized carbons (Fsp3) is 0.520. The molecule has 0 spiro atoms. The Kier molecular flexibility index (Phi) is 7.97. The number of fused-ring (bicyclic) bond motifs is 3. The van der Waals surface area contributed by atoms with Gasteiger partial charge in [-0.15, -0.1) is 0 Å². The van der Waals surface area contributed by atoms with Gasteiger partial charge in [-0.25, -0.2) is 16.8 Å². The van der Waals surface area contributed by atoms with Crippen molar-refractivity contribution in [1.29, 1.82) is 0 Å². The zero-order valence-electron chi connectivity index (χ0n) is 19.7. The van der Waals surface area contributed by atoms with Gasteiger partial charge in [0, 0.05) is 31.9 Å². The van der Waals surface area contributed by atoms with Crippen LogP contribution >= 0.6 is 0 Å². The molecule has 0 radical (unpaired) electrons. The van der Waals surface area contributed by atoms with E-state index in [-0.39, 0.29) is 9.79 Å². The fourth-order valence-electron chi connectivity index (χ4n) is 4.84. The van der Waals surface area contributed by atoms with Gasteiger partial charge in [0.15, 0.2) is 9.84 Å². The Morgan fingerprint density at radius 2 is 1.59 bits per heavy atom. The van der Waals surface area contributed by atoms with E-state index < -0.39 is 19.9 Å². The predicted molar refractivity (Wildman–Crippen MR) is 132 cm³/mol. The molecule has 2 aliphatic rings. The highest BCUT2D eigenvalue weighted by atomic mass is 32.2. The van der Waals surface area contributed by atoms with Crippen LogP contribution in [0.2, 0.25) is 0 Å². The molecular weight excluding hydrogens is 472 g/mol. The lowest BCUT2D eigenvalue weighted by molar-refractivity contribution is 0.131. The second-order valence-electron chi connectivity index (χ2n) is 9.22. The van der Waals surface area contributed by atoms with Crippen molar-refractivity contribution in [3.8, 4) is 5.75 Å². The number of piperidine rings is 1. The SMILES string of the molecule is CS(=O)(=O)c1ccc(S(=O)(=O)N2CCCOc3cccc(c3)CCC3CCCCN3CC2)cc1. The molecule has 186 valence electrons. The van der Waals surface area contributed by atoms with E-state index in [1.165, 1.54) is 40.6 Å². The maximum absolute atomic E-state index is 13.5. The Labute approximate surface area is 203 Å². The van der Waals surface area contributed by atoms with Crippen molar-refractivity contribution in [3.05, 3.63) is 54.1 Å². The summed E-state index contributed by atoms with van der Waals surface area (Å²) in [7, 11) is -7.16. The number of benzene rings is 2. The summed E-state index contributed by atoms with van der Waals surface area (Å²) in [5.41, 5.74) is 1.28. The molecule has 1 fully saturated rings. The molecular formula is C25H34N2O5S2. The average Bonchev–Trinajstić information content (AvgIpc) is 2.82. The molecule has 34 heavy (non-hydrogen) atoms. The van der Waals surface area contributed by atoms with E-state index in [4.69, 9.17) is 4.74 Å². The second kappa shape index (κ2) is 10.8. The third-order valence-electron chi connectivity index (χ3n) is 6.76. The van der Waals surface area contributed by atoms with Crippen molar-refractivity contribution in [2.75, 3.05) is 39.0 Å². The summed E-state index contributed by atoms with van der Waals surface area (Å²) < 4.78 is 58.0. The zero-order chi connectivity index (χ0) is 24.2. The van der Waals surface area contributed by atoms with Gasteiger partial charge in [0.25, 0.3) is 0 Å². The molecule has 2 aromatic carbocycles. The molecule has 0 N–H and O–H groups in total. The van der Waals surface area contributed by atoms with Crippen LogP contribution in [0.1, 0.15) is 37.7 Å². The van der Waals surface area contributed by atoms with Crippen LogP contribution in [0.3, 0.4) is 0 Å². The van der Waals surface area contributed by atoms with Crippen molar-refractivity contribution in [2.45, 2.75) is 54.4 Å². The van der Waals surface area contributed by atoms with Crippen LogP contribution in [-0.4, -0.2) is 71.1 Å². The molecule has 0 aliphatic carbocycles. The van der Waals surface area contributed by atoms with E-state index in [2.05, 4.69) is 17.0 Å². The summed E-state index contributed by atoms with van der Waals surface area (Å²) in [6, 6.07) is 14.2. The largest absolute Gasteiger partial charge is 0.494 e. The minimum Gasteiger partial charge on any atom is -0.494 e. The van der Waals surface area contributed by atoms with Gasteiger partial charge in [-0.05, 0) is 80.6 Å². The lowest BCUT2D eigenvalue weighted by Gasteiger charge is -2.37. The average molecular weight is 507 g/mol. The van der Waals surface area contributed by atoms with Gasteiger partial charge >= 0.3 is 0 Å². The second-order valence-corrected chi connectivity index (χ2v) is 13.2. The smallest absolute Gasteiger partial charge is 0.243 e. The number of aryl methyl sites for hydroxylation is 1. The molecule has 1 saturated heterocycles. The van der Waals surface area contributed by atoms with Crippen molar-refractivity contribution >= 4 is 19.9 Å². The molecule has 2 aliphatic heterocycles. The van der Waals surface area contributed by atoms with Gasteiger partial charge in [-0.3, -0.25) is 4.90 Å². The maximum Gasteiger partial charge on any atom is 0.243 e. The maximum atomic E-state index is 13.5. The van der Waals surface area contributed by atoms with Crippen LogP contribution < -0.4 is 4.74 Å². The normalized spacial score (nSPS) is 21.7. The summed E-state index contributed by atoms with van der Waals surface area (Å²) in [5, 5.41) is 0. The standard InChI is InChI=1S/C25H34N2O5S2/c1-33(28,29)24-11-13-25(14-12-24)34(30,31)27-16-5-19-32-23-8-4-6-21(20-23)9-10-22-7-2-3-15-26(22)17-18-27/h4,6,8,11-14,20,22H,2-3,5,7,9-10,15-19H2,1H3. The minimum atomic E-state index is -3.77.